The Morgan fingerprint density at radius 1 is 1.05 bits per heavy atom. The number of sulfonamides is 1. The minimum Gasteiger partial charge on any atom is -0.347 e. The van der Waals surface area contributed by atoms with Gasteiger partial charge in [0.25, 0.3) is 5.91 Å². The molecule has 1 aliphatic heterocycles. The Morgan fingerprint density at radius 2 is 1.76 bits per heavy atom. The lowest BCUT2D eigenvalue weighted by Crippen LogP contribution is -2.40. The second-order valence-electron chi connectivity index (χ2n) is 9.20. The first-order valence-electron chi connectivity index (χ1n) is 12.0. The van der Waals surface area contributed by atoms with E-state index in [1.165, 1.54) is 18.2 Å². The van der Waals surface area contributed by atoms with Gasteiger partial charge in [0.15, 0.2) is 0 Å². The van der Waals surface area contributed by atoms with Gasteiger partial charge < -0.3 is 5.32 Å². The van der Waals surface area contributed by atoms with Crippen molar-refractivity contribution < 1.29 is 26.4 Å². The molecule has 1 aliphatic rings. The number of hydrogen-bond acceptors (Lipinski definition) is 5. The Bertz CT molecular complexity index is 1340. The molecule has 0 bridgehead atoms. The highest BCUT2D eigenvalue weighted by atomic mass is 35.5. The van der Waals surface area contributed by atoms with Gasteiger partial charge in [0, 0.05) is 35.1 Å². The zero-order chi connectivity index (χ0) is 27.3. The van der Waals surface area contributed by atoms with Gasteiger partial charge in [-0.05, 0) is 79.4 Å². The molecule has 12 heteroatoms. The van der Waals surface area contributed by atoms with Gasteiger partial charge in [0.2, 0.25) is 10.0 Å². The highest BCUT2D eigenvalue weighted by molar-refractivity contribution is 7.91. The third-order valence-electron chi connectivity index (χ3n) is 6.28. The smallest absolute Gasteiger partial charge is 0.347 e. The van der Waals surface area contributed by atoms with Crippen LogP contribution in [0.3, 0.4) is 0 Å². The van der Waals surface area contributed by atoms with Crippen molar-refractivity contribution in [3.63, 3.8) is 0 Å². The number of amides is 1. The number of piperidine rings is 1. The van der Waals surface area contributed by atoms with Crippen molar-refractivity contribution >= 4 is 38.9 Å². The Kier molecular flexibility index (Phi) is 9.15. The minimum atomic E-state index is -4.36. The molecule has 204 valence electrons. The quantitative estimate of drug-likeness (QED) is 0.346. The summed E-state index contributed by atoms with van der Waals surface area (Å²) in [5.41, 5.74) is 0.571. The lowest BCUT2D eigenvalue weighted by molar-refractivity contribution is -0.137. The summed E-state index contributed by atoms with van der Waals surface area (Å²) in [5, 5.41) is 3.30. The molecule has 1 aromatic heterocycles. The van der Waals surface area contributed by atoms with Gasteiger partial charge in [-0.2, -0.15) is 13.2 Å². The summed E-state index contributed by atoms with van der Waals surface area (Å²) in [7, 11) is -3.71. The van der Waals surface area contributed by atoms with Gasteiger partial charge in [0.05, 0.1) is 12.1 Å². The number of benzene rings is 2. The topological polar surface area (TPSA) is 78.5 Å². The fourth-order valence-electron chi connectivity index (χ4n) is 4.29. The van der Waals surface area contributed by atoms with Crippen LogP contribution in [0.1, 0.15) is 39.2 Å². The van der Waals surface area contributed by atoms with E-state index in [1.54, 1.807) is 30.3 Å². The molecule has 0 radical (unpaired) electrons. The van der Waals surface area contributed by atoms with E-state index in [4.69, 9.17) is 11.6 Å². The highest BCUT2D eigenvalue weighted by Crippen LogP contribution is 2.29. The molecule has 2 heterocycles. The van der Waals surface area contributed by atoms with Crippen molar-refractivity contribution in [2.75, 3.05) is 19.6 Å². The van der Waals surface area contributed by atoms with E-state index in [0.717, 1.165) is 48.4 Å². The fourth-order valence-corrected chi connectivity index (χ4v) is 6.87. The van der Waals surface area contributed by atoms with Crippen LogP contribution in [0.5, 0.6) is 0 Å². The predicted molar refractivity (Wildman–Crippen MR) is 142 cm³/mol. The zero-order valence-electron chi connectivity index (χ0n) is 20.3. The van der Waals surface area contributed by atoms with E-state index >= 15 is 0 Å². The van der Waals surface area contributed by atoms with Crippen LogP contribution >= 0.6 is 22.9 Å². The van der Waals surface area contributed by atoms with Crippen molar-refractivity contribution in [1.29, 1.82) is 0 Å². The molecule has 3 aromatic rings. The number of likely N-dealkylation sites (tertiary alicyclic amines) is 1. The molecule has 38 heavy (non-hydrogen) atoms. The average molecular weight is 586 g/mol. The van der Waals surface area contributed by atoms with Crippen molar-refractivity contribution in [3.8, 4) is 0 Å². The Labute approximate surface area is 228 Å². The zero-order valence-corrected chi connectivity index (χ0v) is 22.7. The van der Waals surface area contributed by atoms with Gasteiger partial charge in [-0.15, -0.1) is 11.3 Å². The molecule has 4 rings (SSSR count). The van der Waals surface area contributed by atoms with Crippen LogP contribution in [0.4, 0.5) is 13.2 Å². The summed E-state index contributed by atoms with van der Waals surface area (Å²) in [5.74, 6) is -0.193. The molecule has 1 amide bonds. The number of thiophene rings is 1. The first kappa shape index (κ1) is 28.6. The Balaban J connectivity index is 1.26. The number of carbonyl (C=O) groups excluding carboxylic acids is 1. The monoisotopic (exact) mass is 585 g/mol. The van der Waals surface area contributed by atoms with E-state index in [1.807, 2.05) is 0 Å². The standard InChI is InChI=1S/C26H27ClF3N3O3S2/c27-22-9-5-20(6-10-22)25(34)31-15-23-11-12-24(37-23)38(35,36)32-14-19-2-1-13-33(17-19)16-18-3-7-21(8-4-18)26(28,29)30/h3-12,19,32H,1-2,13-17H2,(H,31,34). The number of nitrogens with zero attached hydrogens (tertiary/aromatic N) is 1. The van der Waals surface area contributed by atoms with Crippen molar-refractivity contribution in [1.82, 2.24) is 14.9 Å². The summed E-state index contributed by atoms with van der Waals surface area (Å²) in [6.45, 7) is 2.43. The summed E-state index contributed by atoms with van der Waals surface area (Å²) < 4.78 is 67.0. The van der Waals surface area contributed by atoms with Crippen molar-refractivity contribution in [2.45, 2.75) is 36.3 Å². The summed E-state index contributed by atoms with van der Waals surface area (Å²) in [4.78, 5) is 15.1. The average Bonchev–Trinajstić information content (AvgIpc) is 3.37. The van der Waals surface area contributed by atoms with Crippen LogP contribution in [0.15, 0.2) is 64.9 Å². The van der Waals surface area contributed by atoms with Crippen LogP contribution in [-0.2, 0) is 29.3 Å². The normalized spacial score (nSPS) is 16.9. The molecule has 1 unspecified atom stereocenters. The largest absolute Gasteiger partial charge is 0.416 e. The van der Waals surface area contributed by atoms with E-state index < -0.39 is 21.8 Å². The van der Waals surface area contributed by atoms with Crippen LogP contribution in [-0.4, -0.2) is 38.9 Å². The summed E-state index contributed by atoms with van der Waals surface area (Å²) >= 11 is 6.93. The SMILES string of the molecule is O=C(NCc1ccc(S(=O)(=O)NCC2CCCN(Cc3ccc(C(F)(F)F)cc3)C2)s1)c1ccc(Cl)cc1. The molecule has 1 fully saturated rings. The fraction of sp³-hybridized carbons (Fsp3) is 0.346. The molecule has 2 aromatic carbocycles. The minimum absolute atomic E-state index is 0.0890. The first-order valence-corrected chi connectivity index (χ1v) is 14.7. The molecular weight excluding hydrogens is 559 g/mol. The summed E-state index contributed by atoms with van der Waals surface area (Å²) in [6.07, 6.45) is -2.62. The number of alkyl halides is 3. The maximum atomic E-state index is 12.9. The lowest BCUT2D eigenvalue weighted by Gasteiger charge is -2.32. The highest BCUT2D eigenvalue weighted by Gasteiger charge is 2.30. The maximum Gasteiger partial charge on any atom is 0.416 e. The number of nitrogens with one attached hydrogen (secondary N) is 2. The van der Waals surface area contributed by atoms with E-state index in [-0.39, 0.29) is 29.1 Å². The van der Waals surface area contributed by atoms with Gasteiger partial charge in [-0.25, -0.2) is 13.1 Å². The second-order valence-corrected chi connectivity index (χ2v) is 12.8. The molecule has 0 saturated carbocycles. The van der Waals surface area contributed by atoms with Crippen molar-refractivity contribution in [2.24, 2.45) is 5.92 Å². The van der Waals surface area contributed by atoms with Gasteiger partial charge in [-0.3, -0.25) is 9.69 Å². The predicted octanol–water partition coefficient (Wildman–Crippen LogP) is 5.54. The van der Waals surface area contributed by atoms with Crippen LogP contribution in [0.25, 0.3) is 0 Å². The van der Waals surface area contributed by atoms with Gasteiger partial charge in [0.1, 0.15) is 4.21 Å². The molecule has 1 atom stereocenters. The molecule has 0 spiro atoms. The number of halogens is 4. The van der Waals surface area contributed by atoms with Crippen molar-refractivity contribution in [3.05, 3.63) is 87.3 Å². The number of rotatable bonds is 9. The van der Waals surface area contributed by atoms with E-state index in [9.17, 15) is 26.4 Å². The van der Waals surface area contributed by atoms with Gasteiger partial charge in [-0.1, -0.05) is 23.7 Å². The Morgan fingerprint density at radius 3 is 2.45 bits per heavy atom. The molecule has 2 N–H and O–H groups in total. The number of hydrogen-bond donors (Lipinski definition) is 2. The molecule has 6 nitrogen and oxygen atoms in total. The molecular formula is C26H27ClF3N3O3S2. The van der Waals surface area contributed by atoms with Crippen LogP contribution in [0, 0.1) is 5.92 Å². The maximum absolute atomic E-state index is 12.9. The van der Waals surface area contributed by atoms with Crippen LogP contribution < -0.4 is 10.0 Å². The first-order chi connectivity index (χ1) is 18.0. The third-order valence-corrected chi connectivity index (χ3v) is 9.54. The Hall–Kier alpha value is -2.44. The lowest BCUT2D eigenvalue weighted by atomic mass is 9.98. The van der Waals surface area contributed by atoms with Gasteiger partial charge >= 0.3 is 6.18 Å². The van der Waals surface area contributed by atoms with Crippen LogP contribution in [0.2, 0.25) is 5.02 Å². The van der Waals surface area contributed by atoms with E-state index in [2.05, 4.69) is 14.9 Å². The van der Waals surface area contributed by atoms with E-state index in [0.29, 0.717) is 28.6 Å². The molecule has 1 saturated heterocycles. The number of carbonyl (C=O) groups is 1. The third kappa shape index (κ3) is 7.79. The summed E-state index contributed by atoms with van der Waals surface area (Å²) in [6, 6.07) is 14.8. The second kappa shape index (κ2) is 12.2. The molecule has 0 aliphatic carbocycles.